The first-order valence-electron chi connectivity index (χ1n) is 8.53. The third-order valence-corrected chi connectivity index (χ3v) is 4.65. The van der Waals surface area contributed by atoms with E-state index in [9.17, 15) is 26.7 Å². The summed E-state index contributed by atoms with van der Waals surface area (Å²) in [5, 5.41) is 2.21. The molecule has 0 aliphatic carbocycles. The predicted octanol–water partition coefficient (Wildman–Crippen LogP) is 4.99. The fraction of sp³-hybridized carbons (Fsp3) is 0.150. The van der Waals surface area contributed by atoms with Crippen LogP contribution in [-0.4, -0.2) is 22.4 Å². The summed E-state index contributed by atoms with van der Waals surface area (Å²) in [6, 6.07) is 8.96. The summed E-state index contributed by atoms with van der Waals surface area (Å²) in [4.78, 5) is 19.1. The Bertz CT molecular complexity index is 1040. The third kappa shape index (κ3) is 4.91. The van der Waals surface area contributed by atoms with Gasteiger partial charge in [-0.15, -0.1) is 0 Å². The standard InChI is InChI=1S/C20H13ClF5N3O/c21-17-14(2-1-3-16(17)23)18(30)27-10-15(11-4-6-13(22)7-5-11)12-8-28-19(29-9-12)20(24,25)26/h1-9,15H,10H2,(H,27,30). The highest BCUT2D eigenvalue weighted by molar-refractivity contribution is 6.34. The van der Waals surface area contributed by atoms with Gasteiger partial charge in [0.2, 0.25) is 5.82 Å². The summed E-state index contributed by atoms with van der Waals surface area (Å²) in [6.07, 6.45) is -2.72. The number of nitrogens with one attached hydrogen (secondary N) is 1. The van der Waals surface area contributed by atoms with Gasteiger partial charge in [0.05, 0.1) is 10.6 Å². The number of rotatable bonds is 5. The van der Waals surface area contributed by atoms with Crippen LogP contribution in [0.25, 0.3) is 0 Å². The number of hydrogen-bond donors (Lipinski definition) is 1. The molecule has 1 unspecified atom stereocenters. The molecule has 1 atom stereocenters. The lowest BCUT2D eigenvalue weighted by Gasteiger charge is -2.19. The fourth-order valence-electron chi connectivity index (χ4n) is 2.76. The van der Waals surface area contributed by atoms with Gasteiger partial charge >= 0.3 is 6.18 Å². The number of alkyl halides is 3. The Balaban J connectivity index is 1.87. The topological polar surface area (TPSA) is 54.9 Å². The second-order valence-corrected chi connectivity index (χ2v) is 6.63. The highest BCUT2D eigenvalue weighted by atomic mass is 35.5. The highest BCUT2D eigenvalue weighted by Crippen LogP contribution is 2.28. The summed E-state index contributed by atoms with van der Waals surface area (Å²) in [5.41, 5.74) is 0.670. The van der Waals surface area contributed by atoms with E-state index in [2.05, 4.69) is 15.3 Å². The summed E-state index contributed by atoms with van der Waals surface area (Å²) < 4.78 is 65.1. The number of carbonyl (C=O) groups excluding carboxylic acids is 1. The van der Waals surface area contributed by atoms with Crippen molar-refractivity contribution >= 4 is 17.5 Å². The minimum Gasteiger partial charge on any atom is -0.351 e. The van der Waals surface area contributed by atoms with Gasteiger partial charge in [-0.1, -0.05) is 29.8 Å². The Kier molecular flexibility index (Phi) is 6.31. The van der Waals surface area contributed by atoms with Gasteiger partial charge in [-0.05, 0) is 35.4 Å². The molecule has 1 amide bonds. The molecule has 3 aromatic rings. The maximum Gasteiger partial charge on any atom is 0.451 e. The SMILES string of the molecule is O=C(NCC(c1ccc(F)cc1)c1cnc(C(F)(F)F)nc1)c1cccc(F)c1Cl. The van der Waals surface area contributed by atoms with Gasteiger partial charge in [0, 0.05) is 24.9 Å². The molecule has 0 bridgehead atoms. The van der Waals surface area contributed by atoms with Crippen molar-refractivity contribution in [1.82, 2.24) is 15.3 Å². The van der Waals surface area contributed by atoms with Crippen molar-refractivity contribution in [1.29, 1.82) is 0 Å². The molecule has 2 aromatic carbocycles. The number of halogens is 6. The van der Waals surface area contributed by atoms with Crippen molar-refractivity contribution in [3.8, 4) is 0 Å². The lowest BCUT2D eigenvalue weighted by Crippen LogP contribution is -2.29. The normalized spacial score (nSPS) is 12.5. The Morgan fingerprint density at radius 2 is 1.63 bits per heavy atom. The van der Waals surface area contributed by atoms with E-state index in [1.165, 1.54) is 36.4 Å². The first-order valence-corrected chi connectivity index (χ1v) is 8.91. The summed E-state index contributed by atoms with van der Waals surface area (Å²) >= 11 is 5.81. The zero-order chi connectivity index (χ0) is 21.9. The fourth-order valence-corrected chi connectivity index (χ4v) is 2.97. The molecule has 0 spiro atoms. The molecule has 3 rings (SSSR count). The van der Waals surface area contributed by atoms with Crippen LogP contribution in [0.15, 0.2) is 54.9 Å². The van der Waals surface area contributed by atoms with Crippen LogP contribution in [0.3, 0.4) is 0 Å². The molecule has 30 heavy (non-hydrogen) atoms. The molecule has 0 saturated carbocycles. The average molecular weight is 442 g/mol. The summed E-state index contributed by atoms with van der Waals surface area (Å²) in [7, 11) is 0. The van der Waals surface area contributed by atoms with Gasteiger partial charge in [-0.3, -0.25) is 4.79 Å². The Hall–Kier alpha value is -3.07. The molecule has 0 radical (unpaired) electrons. The Morgan fingerprint density at radius 1 is 1.00 bits per heavy atom. The van der Waals surface area contributed by atoms with Crippen molar-refractivity contribution in [2.75, 3.05) is 6.54 Å². The van der Waals surface area contributed by atoms with Crippen LogP contribution in [0.1, 0.15) is 33.2 Å². The summed E-state index contributed by atoms with van der Waals surface area (Å²) in [6.45, 7) is -0.105. The van der Waals surface area contributed by atoms with Gasteiger partial charge in [-0.25, -0.2) is 18.7 Å². The zero-order valence-electron chi connectivity index (χ0n) is 15.1. The van der Waals surface area contributed by atoms with Crippen LogP contribution < -0.4 is 5.32 Å². The number of benzene rings is 2. The number of nitrogens with zero attached hydrogens (tertiary/aromatic N) is 2. The molecule has 1 aromatic heterocycles. The van der Waals surface area contributed by atoms with E-state index in [0.29, 0.717) is 5.56 Å². The monoisotopic (exact) mass is 441 g/mol. The molecule has 0 saturated heterocycles. The molecule has 1 heterocycles. The van der Waals surface area contributed by atoms with Crippen LogP contribution >= 0.6 is 11.6 Å². The third-order valence-electron chi connectivity index (χ3n) is 4.26. The first kappa shape index (κ1) is 21.6. The van der Waals surface area contributed by atoms with Crippen molar-refractivity contribution in [3.63, 3.8) is 0 Å². The van der Waals surface area contributed by atoms with Crippen molar-refractivity contribution < 1.29 is 26.7 Å². The van der Waals surface area contributed by atoms with E-state index in [4.69, 9.17) is 11.6 Å². The van der Waals surface area contributed by atoms with E-state index in [0.717, 1.165) is 18.5 Å². The number of aromatic nitrogens is 2. The molecule has 1 N–H and O–H groups in total. The molecule has 156 valence electrons. The molecule has 0 aliphatic heterocycles. The number of amides is 1. The predicted molar refractivity (Wildman–Crippen MR) is 99.0 cm³/mol. The van der Waals surface area contributed by atoms with Gasteiger partial charge in [-0.2, -0.15) is 13.2 Å². The molecule has 4 nitrogen and oxygen atoms in total. The van der Waals surface area contributed by atoms with Crippen molar-refractivity contribution in [2.45, 2.75) is 12.1 Å². The second-order valence-electron chi connectivity index (χ2n) is 6.25. The minimum atomic E-state index is -4.70. The largest absolute Gasteiger partial charge is 0.451 e. The smallest absolute Gasteiger partial charge is 0.351 e. The van der Waals surface area contributed by atoms with Crippen LogP contribution in [0.2, 0.25) is 5.02 Å². The first-order chi connectivity index (χ1) is 14.2. The molecular weight excluding hydrogens is 429 g/mol. The maximum absolute atomic E-state index is 13.6. The van der Waals surface area contributed by atoms with Crippen LogP contribution in [-0.2, 0) is 6.18 Å². The molecule has 0 fully saturated rings. The van der Waals surface area contributed by atoms with E-state index in [-0.39, 0.29) is 22.7 Å². The quantitative estimate of drug-likeness (QED) is 0.568. The van der Waals surface area contributed by atoms with Crippen LogP contribution in [0, 0.1) is 11.6 Å². The van der Waals surface area contributed by atoms with Gasteiger partial charge in [0.25, 0.3) is 5.91 Å². The minimum absolute atomic E-state index is 0.0989. The average Bonchev–Trinajstić information content (AvgIpc) is 2.71. The van der Waals surface area contributed by atoms with Gasteiger partial charge < -0.3 is 5.32 Å². The zero-order valence-corrected chi connectivity index (χ0v) is 15.8. The van der Waals surface area contributed by atoms with E-state index < -0.39 is 35.5 Å². The van der Waals surface area contributed by atoms with E-state index in [1.807, 2.05) is 0 Å². The Labute approximate surface area is 172 Å². The summed E-state index contributed by atoms with van der Waals surface area (Å²) in [5.74, 6) is -3.95. The Morgan fingerprint density at radius 3 is 2.23 bits per heavy atom. The number of carbonyl (C=O) groups is 1. The highest BCUT2D eigenvalue weighted by Gasteiger charge is 2.34. The van der Waals surface area contributed by atoms with E-state index in [1.54, 1.807) is 0 Å². The lowest BCUT2D eigenvalue weighted by atomic mass is 9.93. The van der Waals surface area contributed by atoms with Crippen LogP contribution in [0.4, 0.5) is 22.0 Å². The van der Waals surface area contributed by atoms with Crippen LogP contribution in [0.5, 0.6) is 0 Å². The van der Waals surface area contributed by atoms with Crippen molar-refractivity contribution in [3.05, 3.63) is 94.0 Å². The van der Waals surface area contributed by atoms with Gasteiger partial charge in [0.15, 0.2) is 0 Å². The van der Waals surface area contributed by atoms with Gasteiger partial charge in [0.1, 0.15) is 11.6 Å². The second kappa shape index (κ2) is 8.74. The molecule has 0 aliphatic rings. The molecule has 10 heteroatoms. The number of hydrogen-bond acceptors (Lipinski definition) is 3. The van der Waals surface area contributed by atoms with E-state index >= 15 is 0 Å². The molecular formula is C20H13ClF5N3O. The lowest BCUT2D eigenvalue weighted by molar-refractivity contribution is -0.145. The maximum atomic E-state index is 13.6. The van der Waals surface area contributed by atoms with Crippen molar-refractivity contribution in [2.24, 2.45) is 0 Å².